The maximum atomic E-state index is 5.61. The Kier molecular flexibility index (Phi) is 4.32. The molecule has 3 rings (SSSR count). The summed E-state index contributed by atoms with van der Waals surface area (Å²) in [5.41, 5.74) is 0. The van der Waals surface area contributed by atoms with Crippen molar-refractivity contribution in [3.63, 3.8) is 0 Å². The zero-order valence-corrected chi connectivity index (χ0v) is 12.1. The van der Waals surface area contributed by atoms with E-state index in [9.17, 15) is 0 Å². The predicted molar refractivity (Wildman–Crippen MR) is 79.2 cm³/mol. The summed E-state index contributed by atoms with van der Waals surface area (Å²) < 4.78 is 5.61. The van der Waals surface area contributed by atoms with Gasteiger partial charge in [-0.1, -0.05) is 0 Å². The summed E-state index contributed by atoms with van der Waals surface area (Å²) in [5, 5.41) is 3.36. The van der Waals surface area contributed by atoms with Gasteiger partial charge in [0.1, 0.15) is 5.82 Å². The Bertz CT molecular complexity index is 427. The maximum absolute atomic E-state index is 5.61. The number of aromatic nitrogens is 2. The highest BCUT2D eigenvalue weighted by Gasteiger charge is 2.18. The highest BCUT2D eigenvalue weighted by atomic mass is 16.5. The van der Waals surface area contributed by atoms with Crippen LogP contribution in [0.3, 0.4) is 0 Å². The van der Waals surface area contributed by atoms with E-state index in [4.69, 9.17) is 4.74 Å². The topological polar surface area (TPSA) is 53.5 Å². The summed E-state index contributed by atoms with van der Waals surface area (Å²) in [5.74, 6) is 1.72. The van der Waals surface area contributed by atoms with E-state index in [1.54, 1.807) is 0 Å². The largest absolute Gasteiger partial charge is 0.376 e. The third kappa shape index (κ3) is 3.37. The zero-order chi connectivity index (χ0) is 13.8. The smallest absolute Gasteiger partial charge is 0.227 e. The van der Waals surface area contributed by atoms with Crippen molar-refractivity contribution in [2.24, 2.45) is 0 Å². The third-order valence-corrected chi connectivity index (χ3v) is 3.96. The molecule has 2 saturated heterocycles. The molecule has 1 aromatic heterocycles. The first kappa shape index (κ1) is 13.6. The average Bonchev–Trinajstić information content (AvgIpc) is 3.00. The Morgan fingerprint density at radius 3 is 2.95 bits per heavy atom. The van der Waals surface area contributed by atoms with Gasteiger partial charge in [-0.15, -0.1) is 0 Å². The van der Waals surface area contributed by atoms with Crippen molar-refractivity contribution in [1.29, 1.82) is 0 Å². The molecule has 1 aromatic rings. The summed E-state index contributed by atoms with van der Waals surface area (Å²) in [6.45, 7) is 5.84. The molecule has 20 heavy (non-hydrogen) atoms. The molecule has 0 amide bonds. The van der Waals surface area contributed by atoms with Gasteiger partial charge in [0.2, 0.25) is 5.95 Å². The molecule has 1 unspecified atom stereocenters. The van der Waals surface area contributed by atoms with Crippen LogP contribution in [0.15, 0.2) is 12.3 Å². The van der Waals surface area contributed by atoms with Gasteiger partial charge in [0, 0.05) is 45.5 Å². The molecular weight excluding hydrogens is 254 g/mol. The maximum Gasteiger partial charge on any atom is 0.227 e. The Labute approximate surface area is 120 Å². The van der Waals surface area contributed by atoms with Gasteiger partial charge < -0.3 is 19.9 Å². The second-order valence-corrected chi connectivity index (χ2v) is 5.55. The molecule has 2 aliphatic heterocycles. The van der Waals surface area contributed by atoms with Crippen LogP contribution in [0.2, 0.25) is 0 Å². The van der Waals surface area contributed by atoms with Crippen molar-refractivity contribution in [3.8, 4) is 0 Å². The van der Waals surface area contributed by atoms with Gasteiger partial charge in [-0.3, -0.25) is 0 Å². The van der Waals surface area contributed by atoms with Crippen LogP contribution in [-0.4, -0.2) is 67.4 Å². The molecule has 1 atom stereocenters. The Morgan fingerprint density at radius 1 is 1.35 bits per heavy atom. The van der Waals surface area contributed by atoms with Gasteiger partial charge in [-0.05, 0) is 26.0 Å². The van der Waals surface area contributed by atoms with E-state index in [2.05, 4.69) is 32.1 Å². The molecule has 0 saturated carbocycles. The third-order valence-electron chi connectivity index (χ3n) is 3.96. The first-order valence-corrected chi connectivity index (χ1v) is 7.43. The van der Waals surface area contributed by atoms with Crippen LogP contribution < -0.4 is 10.2 Å². The lowest BCUT2D eigenvalue weighted by atomic mass is 10.2. The fourth-order valence-electron chi connectivity index (χ4n) is 2.63. The SMILES string of the molecule is CN1CCN(c2nccc(NCC3CCCO3)n2)CC1. The highest BCUT2D eigenvalue weighted by molar-refractivity contribution is 5.41. The summed E-state index contributed by atoms with van der Waals surface area (Å²) in [7, 11) is 2.15. The van der Waals surface area contributed by atoms with E-state index in [1.165, 1.54) is 6.42 Å². The number of hydrogen-bond acceptors (Lipinski definition) is 6. The number of likely N-dealkylation sites (N-methyl/N-ethyl adjacent to an activating group) is 1. The standard InChI is InChI=1S/C14H23N5O/c1-18-6-8-19(9-7-18)14-15-5-4-13(17-14)16-11-12-3-2-10-20-12/h4-5,12H,2-3,6-11H2,1H3,(H,15,16,17). The molecule has 6 heteroatoms. The van der Waals surface area contributed by atoms with E-state index >= 15 is 0 Å². The van der Waals surface area contributed by atoms with E-state index in [-0.39, 0.29) is 0 Å². The highest BCUT2D eigenvalue weighted by Crippen LogP contribution is 2.15. The molecule has 6 nitrogen and oxygen atoms in total. The minimum atomic E-state index is 0.331. The Morgan fingerprint density at radius 2 is 2.20 bits per heavy atom. The quantitative estimate of drug-likeness (QED) is 0.879. The second kappa shape index (κ2) is 6.37. The van der Waals surface area contributed by atoms with Gasteiger partial charge in [0.05, 0.1) is 6.10 Å². The molecule has 110 valence electrons. The van der Waals surface area contributed by atoms with Crippen molar-refractivity contribution in [2.75, 3.05) is 56.6 Å². The van der Waals surface area contributed by atoms with Gasteiger partial charge in [-0.25, -0.2) is 4.98 Å². The first-order chi connectivity index (χ1) is 9.81. The zero-order valence-electron chi connectivity index (χ0n) is 12.1. The molecule has 0 aromatic carbocycles. The summed E-state index contributed by atoms with van der Waals surface area (Å²) in [4.78, 5) is 13.6. The lowest BCUT2D eigenvalue weighted by Gasteiger charge is -2.32. The number of hydrogen-bond donors (Lipinski definition) is 1. The number of nitrogens with one attached hydrogen (secondary N) is 1. The first-order valence-electron chi connectivity index (χ1n) is 7.43. The van der Waals surface area contributed by atoms with Crippen molar-refractivity contribution in [1.82, 2.24) is 14.9 Å². The van der Waals surface area contributed by atoms with E-state index in [0.717, 1.165) is 57.5 Å². The summed E-state index contributed by atoms with van der Waals surface area (Å²) in [6.07, 6.45) is 4.47. The van der Waals surface area contributed by atoms with Crippen LogP contribution in [-0.2, 0) is 4.74 Å². The van der Waals surface area contributed by atoms with Crippen molar-refractivity contribution in [2.45, 2.75) is 18.9 Å². The molecule has 1 N–H and O–H groups in total. The molecule has 2 aliphatic rings. The fraction of sp³-hybridized carbons (Fsp3) is 0.714. The van der Waals surface area contributed by atoms with Gasteiger partial charge in [0.25, 0.3) is 0 Å². The lowest BCUT2D eigenvalue weighted by Crippen LogP contribution is -2.45. The summed E-state index contributed by atoms with van der Waals surface area (Å²) in [6, 6.07) is 1.93. The molecule has 0 spiro atoms. The fourth-order valence-corrected chi connectivity index (χ4v) is 2.63. The second-order valence-electron chi connectivity index (χ2n) is 5.55. The molecule has 3 heterocycles. The number of piperazine rings is 1. The summed E-state index contributed by atoms with van der Waals surface area (Å²) >= 11 is 0. The number of ether oxygens (including phenoxy) is 1. The van der Waals surface area contributed by atoms with Crippen LogP contribution >= 0.6 is 0 Å². The van der Waals surface area contributed by atoms with Crippen LogP contribution in [0, 0.1) is 0 Å². The van der Waals surface area contributed by atoms with E-state index in [1.807, 2.05) is 12.3 Å². The van der Waals surface area contributed by atoms with Crippen molar-refractivity contribution >= 4 is 11.8 Å². The molecule has 0 aliphatic carbocycles. The molecular formula is C14H23N5O. The van der Waals surface area contributed by atoms with E-state index in [0.29, 0.717) is 6.10 Å². The normalized spacial score (nSPS) is 24.1. The molecule has 2 fully saturated rings. The van der Waals surface area contributed by atoms with Gasteiger partial charge in [0.15, 0.2) is 0 Å². The Hall–Kier alpha value is -1.40. The van der Waals surface area contributed by atoms with Crippen molar-refractivity contribution < 1.29 is 4.74 Å². The Balaban J connectivity index is 1.57. The monoisotopic (exact) mass is 277 g/mol. The minimum absolute atomic E-state index is 0.331. The minimum Gasteiger partial charge on any atom is -0.376 e. The van der Waals surface area contributed by atoms with Crippen LogP contribution in [0.25, 0.3) is 0 Å². The van der Waals surface area contributed by atoms with Gasteiger partial charge in [-0.2, -0.15) is 4.98 Å². The van der Waals surface area contributed by atoms with E-state index < -0.39 is 0 Å². The van der Waals surface area contributed by atoms with Crippen molar-refractivity contribution in [3.05, 3.63) is 12.3 Å². The average molecular weight is 277 g/mol. The predicted octanol–water partition coefficient (Wildman–Crippen LogP) is 0.819. The van der Waals surface area contributed by atoms with Gasteiger partial charge >= 0.3 is 0 Å². The number of anilines is 2. The van der Waals surface area contributed by atoms with Crippen LogP contribution in [0.4, 0.5) is 11.8 Å². The number of rotatable bonds is 4. The number of nitrogens with zero attached hydrogens (tertiary/aromatic N) is 4. The van der Waals surface area contributed by atoms with Crippen LogP contribution in [0.1, 0.15) is 12.8 Å². The van der Waals surface area contributed by atoms with Crippen LogP contribution in [0.5, 0.6) is 0 Å². The lowest BCUT2D eigenvalue weighted by molar-refractivity contribution is 0.120. The molecule has 0 radical (unpaired) electrons. The molecule has 0 bridgehead atoms.